The first-order valence-electron chi connectivity index (χ1n) is 7.51. The van der Waals surface area contributed by atoms with Crippen molar-refractivity contribution in [2.24, 2.45) is 0 Å². The third-order valence-corrected chi connectivity index (χ3v) is 3.04. The molecule has 0 fully saturated rings. The van der Waals surface area contributed by atoms with Gasteiger partial charge in [0.1, 0.15) is 11.0 Å². The second-order valence-electron chi connectivity index (χ2n) is 6.00. The van der Waals surface area contributed by atoms with E-state index in [1.165, 1.54) is 25.7 Å². The van der Waals surface area contributed by atoms with Crippen molar-refractivity contribution >= 4 is 17.6 Å². The molecule has 2 nitrogen and oxygen atoms in total. The minimum absolute atomic E-state index is 0.375. The third-order valence-electron chi connectivity index (χ3n) is 2.72. The van der Waals surface area contributed by atoms with Gasteiger partial charge in [0.05, 0.1) is 0 Å². The van der Waals surface area contributed by atoms with Crippen molar-refractivity contribution in [1.82, 2.24) is 0 Å². The van der Waals surface area contributed by atoms with Crippen LogP contribution in [0.4, 0.5) is 0 Å². The number of hydrogen-bond donors (Lipinski definition) is 0. The van der Waals surface area contributed by atoms with E-state index in [2.05, 4.69) is 6.58 Å². The highest BCUT2D eigenvalue weighted by molar-refractivity contribution is 6.31. The average Bonchev–Trinajstić information content (AvgIpc) is 2.34. The summed E-state index contributed by atoms with van der Waals surface area (Å²) in [6.45, 7) is 9.23. The Morgan fingerprint density at radius 3 is 2.25 bits per heavy atom. The summed E-state index contributed by atoms with van der Waals surface area (Å²) in [4.78, 5) is 11.6. The van der Waals surface area contributed by atoms with Crippen LogP contribution in [0.5, 0.6) is 0 Å². The Morgan fingerprint density at radius 2 is 1.70 bits per heavy atom. The average molecular weight is 301 g/mol. The number of unbranched alkanes of at least 4 members (excludes halogenated alkanes) is 6. The van der Waals surface area contributed by atoms with Gasteiger partial charge in [0.2, 0.25) is 0 Å². The molecule has 0 rings (SSSR count). The number of carbonyl (C=O) groups excluding carboxylic acids is 1. The highest BCUT2D eigenvalue weighted by atomic mass is 35.5. The molecule has 0 saturated carbocycles. The molecule has 0 spiro atoms. The summed E-state index contributed by atoms with van der Waals surface area (Å²) in [6, 6.07) is 0. The Labute approximate surface area is 129 Å². The van der Waals surface area contributed by atoms with E-state index >= 15 is 0 Å². The molecule has 0 bridgehead atoms. The van der Waals surface area contributed by atoms with Gasteiger partial charge in [-0.2, -0.15) is 0 Å². The van der Waals surface area contributed by atoms with Crippen LogP contribution in [0, 0.1) is 0 Å². The first kappa shape index (κ1) is 19.2. The maximum absolute atomic E-state index is 11.6. The molecule has 1 atom stereocenters. The monoisotopic (exact) mass is 300 g/mol. The van der Waals surface area contributed by atoms with Gasteiger partial charge in [-0.25, -0.2) is 0 Å². The maximum atomic E-state index is 11.6. The standard InChI is InChI=1S/C17H29ClO2/c1-5-6-7-8-9-10-11-12-13-14-15(18)16(19)20-17(2,3)4/h5,13-15H,1,6-12H2,2-4H3/b14-13+/t15-/m0/s1. The van der Waals surface area contributed by atoms with Crippen molar-refractivity contribution in [3.8, 4) is 0 Å². The van der Waals surface area contributed by atoms with Gasteiger partial charge in [0.25, 0.3) is 0 Å². The highest BCUT2D eigenvalue weighted by Gasteiger charge is 2.21. The fourth-order valence-electron chi connectivity index (χ4n) is 1.73. The Balaban J connectivity index is 3.64. The van der Waals surface area contributed by atoms with Crippen LogP contribution in [0.25, 0.3) is 0 Å². The lowest BCUT2D eigenvalue weighted by Crippen LogP contribution is -2.28. The number of alkyl halides is 1. The zero-order chi connectivity index (χ0) is 15.4. The van der Waals surface area contributed by atoms with E-state index in [1.54, 1.807) is 6.08 Å². The molecule has 0 saturated heterocycles. The lowest BCUT2D eigenvalue weighted by Gasteiger charge is -2.20. The van der Waals surface area contributed by atoms with E-state index in [1.807, 2.05) is 32.9 Å². The molecular formula is C17H29ClO2. The van der Waals surface area contributed by atoms with E-state index in [-0.39, 0.29) is 5.97 Å². The van der Waals surface area contributed by atoms with Crippen LogP contribution in [0.15, 0.2) is 24.8 Å². The molecule has 3 heteroatoms. The lowest BCUT2D eigenvalue weighted by atomic mass is 10.1. The fraction of sp³-hybridized carbons (Fsp3) is 0.706. The molecule has 0 amide bonds. The molecule has 0 aromatic carbocycles. The first-order valence-corrected chi connectivity index (χ1v) is 7.95. The number of hydrogen-bond acceptors (Lipinski definition) is 2. The van der Waals surface area contributed by atoms with Crippen LogP contribution in [0.1, 0.15) is 65.7 Å². The van der Waals surface area contributed by atoms with Crippen LogP contribution in [-0.2, 0) is 9.53 Å². The number of allylic oxidation sites excluding steroid dienone is 2. The highest BCUT2D eigenvalue weighted by Crippen LogP contribution is 2.13. The zero-order valence-electron chi connectivity index (χ0n) is 13.2. The van der Waals surface area contributed by atoms with Gasteiger partial charge in [-0.1, -0.05) is 37.5 Å². The number of rotatable bonds is 10. The summed E-state index contributed by atoms with van der Waals surface area (Å²) in [6.07, 6.45) is 13.9. The summed E-state index contributed by atoms with van der Waals surface area (Å²) >= 11 is 5.96. The molecular weight excluding hydrogens is 272 g/mol. The molecule has 20 heavy (non-hydrogen) atoms. The van der Waals surface area contributed by atoms with Gasteiger partial charge >= 0.3 is 5.97 Å². The summed E-state index contributed by atoms with van der Waals surface area (Å²) < 4.78 is 5.20. The van der Waals surface area contributed by atoms with Crippen molar-refractivity contribution in [2.75, 3.05) is 0 Å². The van der Waals surface area contributed by atoms with E-state index in [0.717, 1.165) is 19.3 Å². The third kappa shape index (κ3) is 12.3. The first-order chi connectivity index (χ1) is 9.37. The summed E-state index contributed by atoms with van der Waals surface area (Å²) in [5.41, 5.74) is -0.483. The quantitative estimate of drug-likeness (QED) is 0.233. The predicted octanol–water partition coefficient (Wildman–Crippen LogP) is 5.41. The van der Waals surface area contributed by atoms with Gasteiger partial charge in [-0.3, -0.25) is 4.79 Å². The van der Waals surface area contributed by atoms with Crippen molar-refractivity contribution in [1.29, 1.82) is 0 Å². The van der Waals surface area contributed by atoms with Crippen LogP contribution in [0.3, 0.4) is 0 Å². The maximum Gasteiger partial charge on any atom is 0.328 e. The molecule has 0 aliphatic rings. The van der Waals surface area contributed by atoms with Crippen molar-refractivity contribution in [2.45, 2.75) is 76.7 Å². The molecule has 0 N–H and O–H groups in total. The second kappa shape index (κ2) is 11.0. The minimum Gasteiger partial charge on any atom is -0.459 e. The summed E-state index contributed by atoms with van der Waals surface area (Å²) in [5, 5.41) is -0.679. The number of ether oxygens (including phenoxy) is 1. The molecule has 0 aromatic heterocycles. The SMILES string of the molecule is C=CCCCCCCC/C=C/[C@H](Cl)C(=O)OC(C)(C)C. The minimum atomic E-state index is -0.679. The van der Waals surface area contributed by atoms with Crippen LogP contribution in [-0.4, -0.2) is 16.9 Å². The Bertz CT molecular complexity index is 303. The summed E-state index contributed by atoms with van der Waals surface area (Å²) in [5.74, 6) is -0.375. The smallest absolute Gasteiger partial charge is 0.328 e. The number of halogens is 1. The van der Waals surface area contributed by atoms with Crippen LogP contribution in [0.2, 0.25) is 0 Å². The lowest BCUT2D eigenvalue weighted by molar-refractivity contribution is -0.153. The molecule has 0 radical (unpaired) electrons. The molecule has 0 unspecified atom stereocenters. The molecule has 0 aliphatic heterocycles. The van der Waals surface area contributed by atoms with Gasteiger partial charge in [-0.15, -0.1) is 18.2 Å². The molecule has 116 valence electrons. The predicted molar refractivity (Wildman–Crippen MR) is 87.1 cm³/mol. The molecule has 0 aliphatic carbocycles. The number of carbonyl (C=O) groups is 1. The van der Waals surface area contributed by atoms with E-state index in [0.29, 0.717) is 0 Å². The molecule has 0 heterocycles. The van der Waals surface area contributed by atoms with E-state index in [9.17, 15) is 4.79 Å². The van der Waals surface area contributed by atoms with Gasteiger partial charge in [0.15, 0.2) is 0 Å². The Hall–Kier alpha value is -0.760. The van der Waals surface area contributed by atoms with Gasteiger partial charge < -0.3 is 4.74 Å². The largest absolute Gasteiger partial charge is 0.459 e. The van der Waals surface area contributed by atoms with Gasteiger partial charge in [0, 0.05) is 0 Å². The van der Waals surface area contributed by atoms with E-state index < -0.39 is 11.0 Å². The second-order valence-corrected chi connectivity index (χ2v) is 6.47. The van der Waals surface area contributed by atoms with Crippen LogP contribution >= 0.6 is 11.6 Å². The van der Waals surface area contributed by atoms with Crippen molar-refractivity contribution in [3.05, 3.63) is 24.8 Å². The Morgan fingerprint density at radius 1 is 1.15 bits per heavy atom. The van der Waals surface area contributed by atoms with Gasteiger partial charge in [-0.05, 0) is 46.5 Å². The topological polar surface area (TPSA) is 26.3 Å². The van der Waals surface area contributed by atoms with Crippen LogP contribution < -0.4 is 0 Å². The normalized spacial score (nSPS) is 13.4. The van der Waals surface area contributed by atoms with Crippen molar-refractivity contribution < 1.29 is 9.53 Å². The summed E-state index contributed by atoms with van der Waals surface area (Å²) in [7, 11) is 0. The Kier molecular flexibility index (Phi) is 10.5. The molecule has 0 aromatic rings. The van der Waals surface area contributed by atoms with Crippen molar-refractivity contribution in [3.63, 3.8) is 0 Å². The van der Waals surface area contributed by atoms with E-state index in [4.69, 9.17) is 16.3 Å². The number of esters is 1. The fourth-order valence-corrected chi connectivity index (χ4v) is 1.88. The zero-order valence-corrected chi connectivity index (χ0v) is 13.9.